The maximum Gasteiger partial charge on any atom is 0.408 e. The van der Waals surface area contributed by atoms with Crippen molar-refractivity contribution >= 4 is 23.9 Å². The molecule has 1 rings (SSSR count). The topological polar surface area (TPSA) is 139 Å². The van der Waals surface area contributed by atoms with Crippen LogP contribution in [0.1, 0.15) is 46.5 Å². The number of amides is 3. The molecule has 3 amide bonds. The molecule has 0 aromatic rings. The fourth-order valence-corrected chi connectivity index (χ4v) is 2.48. The second kappa shape index (κ2) is 7.98. The first-order valence-electron chi connectivity index (χ1n) is 7.82. The van der Waals surface area contributed by atoms with Crippen LogP contribution in [0.25, 0.3) is 0 Å². The van der Waals surface area contributed by atoms with Gasteiger partial charge in [-0.2, -0.15) is 0 Å². The molecule has 0 bridgehead atoms. The van der Waals surface area contributed by atoms with Gasteiger partial charge in [-0.1, -0.05) is 0 Å². The number of carboxylic acid groups (broad SMARTS) is 1. The lowest BCUT2D eigenvalue weighted by atomic mass is 10.1. The van der Waals surface area contributed by atoms with Gasteiger partial charge in [0, 0.05) is 13.0 Å². The number of ether oxygens (including phenoxy) is 1. The highest BCUT2D eigenvalue weighted by atomic mass is 16.6. The van der Waals surface area contributed by atoms with Crippen molar-refractivity contribution in [2.75, 3.05) is 6.54 Å². The van der Waals surface area contributed by atoms with Gasteiger partial charge in [-0.15, -0.1) is 0 Å². The lowest BCUT2D eigenvalue weighted by Gasteiger charge is -2.28. The third-order valence-corrected chi connectivity index (χ3v) is 3.49. The predicted molar refractivity (Wildman–Crippen MR) is 84.0 cm³/mol. The first kappa shape index (κ1) is 19.7. The number of carbonyl (C=O) groups excluding carboxylic acids is 3. The molecule has 24 heavy (non-hydrogen) atoms. The molecule has 0 aromatic carbocycles. The molecule has 2 atom stereocenters. The zero-order chi connectivity index (χ0) is 18.5. The average molecular weight is 343 g/mol. The minimum atomic E-state index is -1.09. The Labute approximate surface area is 140 Å². The van der Waals surface area contributed by atoms with Crippen molar-refractivity contribution < 1.29 is 29.0 Å². The van der Waals surface area contributed by atoms with Crippen LogP contribution in [0.5, 0.6) is 0 Å². The SMILES string of the molecule is CC(C)(C)OC(=O)NC(CCC(N)=O)C(=O)N1CCCC1C(=O)O. The van der Waals surface area contributed by atoms with Crippen molar-refractivity contribution in [3.05, 3.63) is 0 Å². The molecular weight excluding hydrogens is 318 g/mol. The van der Waals surface area contributed by atoms with Crippen molar-refractivity contribution in [1.82, 2.24) is 10.2 Å². The standard InChI is InChI=1S/C15H25N3O6/c1-15(2,3)24-14(23)17-9(6-7-11(16)19)12(20)18-8-4-5-10(18)13(21)22/h9-10H,4-8H2,1-3H3,(H2,16,19)(H,17,23)(H,21,22). The van der Waals surface area contributed by atoms with Crippen LogP contribution >= 0.6 is 0 Å². The summed E-state index contributed by atoms with van der Waals surface area (Å²) < 4.78 is 5.11. The van der Waals surface area contributed by atoms with E-state index in [-0.39, 0.29) is 12.8 Å². The van der Waals surface area contributed by atoms with Gasteiger partial charge in [0.1, 0.15) is 17.7 Å². The third-order valence-electron chi connectivity index (χ3n) is 3.49. The summed E-state index contributed by atoms with van der Waals surface area (Å²) in [7, 11) is 0. The molecule has 136 valence electrons. The number of hydrogen-bond acceptors (Lipinski definition) is 5. The number of nitrogens with one attached hydrogen (secondary N) is 1. The highest BCUT2D eigenvalue weighted by Gasteiger charge is 2.38. The summed E-state index contributed by atoms with van der Waals surface area (Å²) in [5, 5.41) is 11.6. The number of nitrogens with zero attached hydrogens (tertiary/aromatic N) is 1. The third kappa shape index (κ3) is 6.05. The monoisotopic (exact) mass is 343 g/mol. The van der Waals surface area contributed by atoms with E-state index in [1.54, 1.807) is 20.8 Å². The molecule has 1 saturated heterocycles. The Kier molecular flexibility index (Phi) is 6.56. The van der Waals surface area contributed by atoms with Crippen LogP contribution in [0.15, 0.2) is 0 Å². The summed E-state index contributed by atoms with van der Waals surface area (Å²) in [6, 6.07) is -1.98. The van der Waals surface area contributed by atoms with Crippen LogP contribution in [-0.2, 0) is 19.1 Å². The van der Waals surface area contributed by atoms with E-state index >= 15 is 0 Å². The van der Waals surface area contributed by atoms with E-state index in [1.807, 2.05) is 0 Å². The van der Waals surface area contributed by atoms with Gasteiger partial charge < -0.3 is 25.8 Å². The first-order valence-corrected chi connectivity index (χ1v) is 7.82. The summed E-state index contributed by atoms with van der Waals surface area (Å²) >= 11 is 0. The normalized spacial score (nSPS) is 18.8. The summed E-state index contributed by atoms with van der Waals surface area (Å²) in [6.07, 6.45) is -0.0155. The van der Waals surface area contributed by atoms with Gasteiger partial charge in [-0.05, 0) is 40.0 Å². The minimum absolute atomic E-state index is 0.0176. The number of likely N-dealkylation sites (tertiary alicyclic amines) is 1. The fourth-order valence-electron chi connectivity index (χ4n) is 2.48. The van der Waals surface area contributed by atoms with Gasteiger partial charge in [0.25, 0.3) is 0 Å². The summed E-state index contributed by atoms with van der Waals surface area (Å²) in [5.74, 6) is -2.26. The smallest absolute Gasteiger partial charge is 0.408 e. The lowest BCUT2D eigenvalue weighted by molar-refractivity contribution is -0.149. The van der Waals surface area contributed by atoms with Crippen molar-refractivity contribution in [2.45, 2.75) is 64.1 Å². The maximum atomic E-state index is 12.6. The molecule has 0 aromatic heterocycles. The van der Waals surface area contributed by atoms with Gasteiger partial charge in [-0.3, -0.25) is 9.59 Å². The second-order valence-electron chi connectivity index (χ2n) is 6.73. The van der Waals surface area contributed by atoms with Gasteiger partial charge >= 0.3 is 12.1 Å². The van der Waals surface area contributed by atoms with Gasteiger partial charge in [0.15, 0.2) is 0 Å². The Hall–Kier alpha value is -2.32. The average Bonchev–Trinajstić information content (AvgIpc) is 2.89. The summed E-state index contributed by atoms with van der Waals surface area (Å²) in [6.45, 7) is 5.31. The van der Waals surface area contributed by atoms with E-state index in [4.69, 9.17) is 10.5 Å². The van der Waals surface area contributed by atoms with Crippen LogP contribution in [0.2, 0.25) is 0 Å². The molecule has 9 nitrogen and oxygen atoms in total. The lowest BCUT2D eigenvalue weighted by Crippen LogP contribution is -2.52. The number of carbonyl (C=O) groups is 4. The zero-order valence-electron chi connectivity index (χ0n) is 14.2. The van der Waals surface area contributed by atoms with Crippen molar-refractivity contribution in [1.29, 1.82) is 0 Å². The summed E-state index contributed by atoms with van der Waals surface area (Å²) in [4.78, 5) is 48.0. The van der Waals surface area contributed by atoms with Gasteiger partial charge in [-0.25, -0.2) is 9.59 Å². The van der Waals surface area contributed by atoms with E-state index in [0.717, 1.165) is 0 Å². The van der Waals surface area contributed by atoms with Crippen LogP contribution in [0, 0.1) is 0 Å². The fraction of sp³-hybridized carbons (Fsp3) is 0.733. The molecule has 0 aliphatic carbocycles. The Morgan fingerprint density at radius 3 is 2.46 bits per heavy atom. The molecule has 2 unspecified atom stereocenters. The molecule has 1 fully saturated rings. The number of rotatable bonds is 6. The zero-order valence-corrected chi connectivity index (χ0v) is 14.2. The Morgan fingerprint density at radius 1 is 1.33 bits per heavy atom. The van der Waals surface area contributed by atoms with E-state index in [2.05, 4.69) is 5.32 Å². The minimum Gasteiger partial charge on any atom is -0.480 e. The van der Waals surface area contributed by atoms with Crippen LogP contribution < -0.4 is 11.1 Å². The Morgan fingerprint density at radius 2 is 1.96 bits per heavy atom. The van der Waals surface area contributed by atoms with E-state index < -0.39 is 41.6 Å². The Balaban J connectivity index is 2.83. The number of nitrogens with two attached hydrogens (primary N) is 1. The van der Waals surface area contributed by atoms with E-state index in [9.17, 15) is 24.3 Å². The van der Waals surface area contributed by atoms with Crippen LogP contribution in [-0.4, -0.2) is 58.1 Å². The van der Waals surface area contributed by atoms with Crippen molar-refractivity contribution in [3.8, 4) is 0 Å². The molecular formula is C15H25N3O6. The number of aliphatic carboxylic acids is 1. The quantitative estimate of drug-likeness (QED) is 0.630. The molecule has 9 heteroatoms. The number of carboxylic acids is 1. The highest BCUT2D eigenvalue weighted by molar-refractivity contribution is 5.90. The highest BCUT2D eigenvalue weighted by Crippen LogP contribution is 2.20. The van der Waals surface area contributed by atoms with E-state index in [0.29, 0.717) is 19.4 Å². The maximum absolute atomic E-state index is 12.6. The summed E-state index contributed by atoms with van der Waals surface area (Å²) in [5.41, 5.74) is 4.35. The van der Waals surface area contributed by atoms with Crippen molar-refractivity contribution in [2.24, 2.45) is 5.73 Å². The first-order chi connectivity index (χ1) is 11.0. The van der Waals surface area contributed by atoms with Gasteiger partial charge in [0.2, 0.25) is 11.8 Å². The number of primary amides is 1. The second-order valence-corrected chi connectivity index (χ2v) is 6.73. The largest absolute Gasteiger partial charge is 0.480 e. The molecule has 1 aliphatic rings. The van der Waals surface area contributed by atoms with Crippen LogP contribution in [0.4, 0.5) is 4.79 Å². The Bertz CT molecular complexity index is 514. The predicted octanol–water partition coefficient (Wildman–Crippen LogP) is 0.221. The molecule has 1 aliphatic heterocycles. The molecule has 0 radical (unpaired) electrons. The van der Waals surface area contributed by atoms with Gasteiger partial charge in [0.05, 0.1) is 0 Å². The molecule has 0 saturated carbocycles. The van der Waals surface area contributed by atoms with Crippen LogP contribution in [0.3, 0.4) is 0 Å². The molecule has 0 spiro atoms. The number of hydrogen-bond donors (Lipinski definition) is 3. The molecule has 4 N–H and O–H groups in total. The van der Waals surface area contributed by atoms with E-state index in [1.165, 1.54) is 4.90 Å². The molecule has 1 heterocycles. The van der Waals surface area contributed by atoms with Crippen molar-refractivity contribution in [3.63, 3.8) is 0 Å². The number of alkyl carbamates (subject to hydrolysis) is 1.